The van der Waals surface area contributed by atoms with Crippen LogP contribution in [-0.2, 0) is 0 Å². The molecule has 0 aliphatic rings. The van der Waals surface area contributed by atoms with Crippen molar-refractivity contribution in [1.29, 1.82) is 0 Å². The van der Waals surface area contributed by atoms with Gasteiger partial charge in [-0.05, 0) is 36.6 Å². The molecule has 15 heavy (non-hydrogen) atoms. The molecule has 2 rings (SSSR count). The largest absolute Gasteiger partial charge is 0.397 e. The molecule has 0 fully saturated rings. The summed E-state index contributed by atoms with van der Waals surface area (Å²) < 4.78 is 0. The second kappa shape index (κ2) is 3.73. The second-order valence-corrected chi connectivity index (χ2v) is 3.81. The third kappa shape index (κ3) is 1.99. The quantitative estimate of drug-likeness (QED) is 0.765. The molecule has 1 heterocycles. The van der Waals surface area contributed by atoms with Gasteiger partial charge in [-0.15, -0.1) is 0 Å². The molecule has 2 heteroatoms. The molecule has 76 valence electrons. The van der Waals surface area contributed by atoms with Crippen LogP contribution >= 0.6 is 0 Å². The molecule has 2 aromatic rings. The van der Waals surface area contributed by atoms with Gasteiger partial charge in [0.15, 0.2) is 0 Å². The lowest BCUT2D eigenvalue weighted by atomic mass is 10.0. The van der Waals surface area contributed by atoms with Gasteiger partial charge in [-0.1, -0.05) is 18.2 Å². The number of benzene rings is 1. The first kappa shape index (κ1) is 9.71. The zero-order chi connectivity index (χ0) is 10.8. The Morgan fingerprint density at radius 1 is 0.933 bits per heavy atom. The highest BCUT2D eigenvalue weighted by molar-refractivity contribution is 5.66. The molecule has 0 bridgehead atoms. The molecule has 0 amide bonds. The first-order valence-corrected chi connectivity index (χ1v) is 4.95. The van der Waals surface area contributed by atoms with Crippen LogP contribution in [0, 0.1) is 13.8 Å². The third-order valence-corrected chi connectivity index (χ3v) is 2.60. The number of nitrogens with two attached hydrogens (primary N) is 1. The van der Waals surface area contributed by atoms with Gasteiger partial charge in [0, 0.05) is 18.0 Å². The van der Waals surface area contributed by atoms with E-state index in [9.17, 15) is 0 Å². The fourth-order valence-corrected chi connectivity index (χ4v) is 1.54. The summed E-state index contributed by atoms with van der Waals surface area (Å²) in [5, 5.41) is 0. The smallest absolute Gasteiger partial charge is 0.0506 e. The van der Waals surface area contributed by atoms with E-state index in [1.54, 1.807) is 6.20 Å². The van der Waals surface area contributed by atoms with Crippen molar-refractivity contribution in [2.75, 3.05) is 5.73 Å². The summed E-state index contributed by atoms with van der Waals surface area (Å²) in [5.41, 5.74) is 11.2. The zero-order valence-corrected chi connectivity index (χ0v) is 8.99. The van der Waals surface area contributed by atoms with Gasteiger partial charge in [0.25, 0.3) is 0 Å². The molecule has 0 unspecified atom stereocenters. The van der Waals surface area contributed by atoms with Crippen LogP contribution in [0.15, 0.2) is 36.7 Å². The van der Waals surface area contributed by atoms with Gasteiger partial charge >= 0.3 is 0 Å². The molecular weight excluding hydrogens is 184 g/mol. The van der Waals surface area contributed by atoms with E-state index in [2.05, 4.69) is 37.0 Å². The zero-order valence-electron chi connectivity index (χ0n) is 8.99. The Balaban J connectivity index is 2.50. The molecule has 0 aliphatic heterocycles. The first-order chi connectivity index (χ1) is 7.16. The van der Waals surface area contributed by atoms with Crippen LogP contribution in [0.4, 0.5) is 5.69 Å². The maximum atomic E-state index is 5.70. The Morgan fingerprint density at radius 2 is 1.73 bits per heavy atom. The van der Waals surface area contributed by atoms with Gasteiger partial charge in [0.05, 0.1) is 5.69 Å². The van der Waals surface area contributed by atoms with Crippen molar-refractivity contribution in [2.24, 2.45) is 0 Å². The highest BCUT2D eigenvalue weighted by Crippen LogP contribution is 2.22. The normalized spacial score (nSPS) is 10.3. The van der Waals surface area contributed by atoms with Gasteiger partial charge in [0.1, 0.15) is 0 Å². The monoisotopic (exact) mass is 198 g/mol. The fraction of sp³-hybridized carbons (Fsp3) is 0.154. The van der Waals surface area contributed by atoms with Gasteiger partial charge in [0.2, 0.25) is 0 Å². The van der Waals surface area contributed by atoms with Gasteiger partial charge in [-0.3, -0.25) is 4.98 Å². The maximum Gasteiger partial charge on any atom is 0.0506 e. The molecule has 1 aromatic heterocycles. The average Bonchev–Trinajstić information content (AvgIpc) is 2.22. The summed E-state index contributed by atoms with van der Waals surface area (Å²) in [7, 11) is 0. The predicted molar refractivity (Wildman–Crippen MR) is 63.6 cm³/mol. The van der Waals surface area contributed by atoms with Crippen molar-refractivity contribution in [3.63, 3.8) is 0 Å². The van der Waals surface area contributed by atoms with Crippen molar-refractivity contribution >= 4 is 5.69 Å². The van der Waals surface area contributed by atoms with Gasteiger partial charge in [-0.2, -0.15) is 0 Å². The Morgan fingerprint density at radius 3 is 2.40 bits per heavy atom. The lowest BCUT2D eigenvalue weighted by Gasteiger charge is -2.05. The lowest BCUT2D eigenvalue weighted by molar-refractivity contribution is 1.31. The van der Waals surface area contributed by atoms with Crippen molar-refractivity contribution < 1.29 is 0 Å². The van der Waals surface area contributed by atoms with E-state index in [4.69, 9.17) is 5.73 Å². The lowest BCUT2D eigenvalue weighted by Crippen LogP contribution is -1.88. The number of aryl methyl sites for hydroxylation is 2. The van der Waals surface area contributed by atoms with E-state index < -0.39 is 0 Å². The number of pyridine rings is 1. The Kier molecular flexibility index (Phi) is 2.42. The number of anilines is 1. The minimum atomic E-state index is 0.700. The predicted octanol–water partition coefficient (Wildman–Crippen LogP) is 2.95. The van der Waals surface area contributed by atoms with E-state index >= 15 is 0 Å². The van der Waals surface area contributed by atoms with E-state index in [0.717, 1.165) is 11.1 Å². The number of hydrogen-bond acceptors (Lipinski definition) is 2. The van der Waals surface area contributed by atoms with Crippen LogP contribution < -0.4 is 5.73 Å². The maximum absolute atomic E-state index is 5.70. The Bertz CT molecular complexity index is 490. The topological polar surface area (TPSA) is 38.9 Å². The van der Waals surface area contributed by atoms with Gasteiger partial charge < -0.3 is 5.73 Å². The molecule has 0 aliphatic carbocycles. The van der Waals surface area contributed by atoms with Crippen LogP contribution in [-0.4, -0.2) is 4.98 Å². The van der Waals surface area contributed by atoms with Crippen LogP contribution in [0.25, 0.3) is 11.1 Å². The molecule has 0 saturated carbocycles. The summed E-state index contributed by atoms with van der Waals surface area (Å²) in [4.78, 5) is 4.09. The molecular formula is C13H14N2. The first-order valence-electron chi connectivity index (χ1n) is 4.95. The van der Waals surface area contributed by atoms with E-state index in [1.165, 1.54) is 11.1 Å². The highest BCUT2D eigenvalue weighted by atomic mass is 14.7. The summed E-state index contributed by atoms with van der Waals surface area (Å²) in [6.45, 7) is 4.22. The molecule has 0 radical (unpaired) electrons. The van der Waals surface area contributed by atoms with Crippen LogP contribution in [0.2, 0.25) is 0 Å². The van der Waals surface area contributed by atoms with Crippen molar-refractivity contribution in [2.45, 2.75) is 13.8 Å². The second-order valence-electron chi connectivity index (χ2n) is 3.81. The fourth-order valence-electron chi connectivity index (χ4n) is 1.54. The Hall–Kier alpha value is -1.83. The summed E-state index contributed by atoms with van der Waals surface area (Å²) in [5.74, 6) is 0. The van der Waals surface area contributed by atoms with Crippen molar-refractivity contribution in [1.82, 2.24) is 4.98 Å². The van der Waals surface area contributed by atoms with Crippen LogP contribution in [0.3, 0.4) is 0 Å². The third-order valence-electron chi connectivity index (χ3n) is 2.60. The molecule has 0 spiro atoms. The molecule has 0 saturated heterocycles. The number of nitrogen functional groups attached to an aromatic ring is 1. The molecule has 1 aromatic carbocycles. The standard InChI is InChI=1S/C13H14N2/c1-9-3-4-11(5-10(9)2)12-6-13(14)8-15-7-12/h3-8H,14H2,1-2H3. The highest BCUT2D eigenvalue weighted by Gasteiger charge is 2.00. The van der Waals surface area contributed by atoms with Crippen molar-refractivity contribution in [3.05, 3.63) is 47.8 Å². The van der Waals surface area contributed by atoms with E-state index in [1.807, 2.05) is 12.3 Å². The number of rotatable bonds is 1. The number of aromatic nitrogens is 1. The summed E-state index contributed by atoms with van der Waals surface area (Å²) in [6, 6.07) is 8.32. The van der Waals surface area contributed by atoms with Crippen LogP contribution in [0.5, 0.6) is 0 Å². The number of nitrogens with zero attached hydrogens (tertiary/aromatic N) is 1. The van der Waals surface area contributed by atoms with Gasteiger partial charge in [-0.25, -0.2) is 0 Å². The summed E-state index contributed by atoms with van der Waals surface area (Å²) in [6.07, 6.45) is 3.49. The minimum absolute atomic E-state index is 0.700. The van der Waals surface area contributed by atoms with Crippen LogP contribution in [0.1, 0.15) is 11.1 Å². The van der Waals surface area contributed by atoms with Crippen molar-refractivity contribution in [3.8, 4) is 11.1 Å². The average molecular weight is 198 g/mol. The summed E-state index contributed by atoms with van der Waals surface area (Å²) >= 11 is 0. The molecule has 0 atom stereocenters. The molecule has 2 nitrogen and oxygen atoms in total. The van der Waals surface area contributed by atoms with E-state index in [0.29, 0.717) is 5.69 Å². The minimum Gasteiger partial charge on any atom is -0.397 e. The molecule has 2 N–H and O–H groups in total. The Labute approximate surface area is 89.8 Å². The van der Waals surface area contributed by atoms with E-state index in [-0.39, 0.29) is 0 Å². The number of hydrogen-bond donors (Lipinski definition) is 1. The SMILES string of the molecule is Cc1ccc(-c2cncc(N)c2)cc1C.